The van der Waals surface area contributed by atoms with E-state index in [1.165, 1.54) is 4.31 Å². The van der Waals surface area contributed by atoms with E-state index < -0.39 is 10.0 Å². The smallest absolute Gasteiger partial charge is 0.243 e. The second kappa shape index (κ2) is 7.73. The number of benzene rings is 1. The average Bonchev–Trinajstić information content (AvgIpc) is 2.53. The molecule has 4 nitrogen and oxygen atoms in total. The Morgan fingerprint density at radius 1 is 1.24 bits per heavy atom. The lowest BCUT2D eigenvalue weighted by Gasteiger charge is -2.26. The fraction of sp³-hybridized carbons (Fsp3) is 0.500. The Labute approximate surface area is 127 Å². The van der Waals surface area contributed by atoms with Gasteiger partial charge in [0.25, 0.3) is 0 Å². The van der Waals surface area contributed by atoms with E-state index in [1.54, 1.807) is 12.1 Å². The highest BCUT2D eigenvalue weighted by Crippen LogP contribution is 2.18. The fourth-order valence-electron chi connectivity index (χ4n) is 2.27. The Morgan fingerprint density at radius 2 is 2.00 bits per heavy atom. The van der Waals surface area contributed by atoms with Gasteiger partial charge in [0.05, 0.1) is 18.1 Å². The highest BCUT2D eigenvalue weighted by Gasteiger charge is 2.26. The Bertz CT molecular complexity index is 575. The van der Waals surface area contributed by atoms with E-state index in [4.69, 9.17) is 4.74 Å². The van der Waals surface area contributed by atoms with Gasteiger partial charge in [-0.15, -0.1) is 0 Å². The van der Waals surface area contributed by atoms with Crippen molar-refractivity contribution in [2.24, 2.45) is 0 Å². The molecule has 0 N–H and O–H groups in total. The van der Waals surface area contributed by atoms with Gasteiger partial charge in [-0.2, -0.15) is 4.31 Å². The third-order valence-corrected chi connectivity index (χ3v) is 5.38. The van der Waals surface area contributed by atoms with Crippen molar-refractivity contribution in [2.75, 3.05) is 26.3 Å². The summed E-state index contributed by atoms with van der Waals surface area (Å²) in [7, 11) is -3.39. The predicted molar refractivity (Wildman–Crippen MR) is 83.8 cm³/mol. The van der Waals surface area contributed by atoms with Gasteiger partial charge >= 0.3 is 0 Å². The summed E-state index contributed by atoms with van der Waals surface area (Å²) in [6.07, 6.45) is 7.20. The molecule has 0 atom stereocenters. The summed E-state index contributed by atoms with van der Waals surface area (Å²) in [5.74, 6) is 0. The quantitative estimate of drug-likeness (QED) is 0.759. The largest absolute Gasteiger partial charge is 0.379 e. The number of unbranched alkanes of at least 4 members (excludes halogenated alkanes) is 1. The van der Waals surface area contributed by atoms with Crippen LogP contribution in [0.25, 0.3) is 0 Å². The maximum Gasteiger partial charge on any atom is 0.243 e. The molecular formula is C16H23NO3S. The van der Waals surface area contributed by atoms with Crippen LogP contribution in [0, 0.1) is 0 Å². The van der Waals surface area contributed by atoms with Gasteiger partial charge in [0.1, 0.15) is 0 Å². The van der Waals surface area contributed by atoms with E-state index in [2.05, 4.69) is 19.1 Å². The zero-order valence-corrected chi connectivity index (χ0v) is 13.3. The van der Waals surface area contributed by atoms with Crippen LogP contribution in [-0.4, -0.2) is 39.0 Å². The number of rotatable bonds is 6. The molecule has 1 saturated heterocycles. The molecule has 1 fully saturated rings. The van der Waals surface area contributed by atoms with Gasteiger partial charge in [-0.3, -0.25) is 0 Å². The molecule has 2 rings (SSSR count). The highest BCUT2D eigenvalue weighted by atomic mass is 32.2. The lowest BCUT2D eigenvalue weighted by molar-refractivity contribution is 0.0730. The second-order valence-corrected chi connectivity index (χ2v) is 7.07. The first kappa shape index (κ1) is 16.2. The van der Waals surface area contributed by atoms with Crippen LogP contribution >= 0.6 is 0 Å². The molecule has 116 valence electrons. The molecule has 1 aromatic rings. The van der Waals surface area contributed by atoms with Crippen LogP contribution in [0.15, 0.2) is 41.3 Å². The first-order valence-corrected chi connectivity index (χ1v) is 8.90. The molecular weight excluding hydrogens is 286 g/mol. The van der Waals surface area contributed by atoms with E-state index in [9.17, 15) is 8.42 Å². The minimum Gasteiger partial charge on any atom is -0.379 e. The van der Waals surface area contributed by atoms with Gasteiger partial charge < -0.3 is 4.74 Å². The molecule has 0 radical (unpaired) electrons. The van der Waals surface area contributed by atoms with Crippen molar-refractivity contribution >= 4 is 10.0 Å². The van der Waals surface area contributed by atoms with Gasteiger partial charge in [0.2, 0.25) is 10.0 Å². The van der Waals surface area contributed by atoms with Gasteiger partial charge in [-0.05, 0) is 30.5 Å². The molecule has 1 heterocycles. The van der Waals surface area contributed by atoms with Crippen molar-refractivity contribution in [2.45, 2.75) is 31.1 Å². The lowest BCUT2D eigenvalue weighted by atomic mass is 10.1. The predicted octanol–water partition coefficient (Wildman–Crippen LogP) is 2.61. The van der Waals surface area contributed by atoms with E-state index in [0.29, 0.717) is 31.2 Å². The Kier molecular flexibility index (Phi) is 5.96. The normalized spacial score (nSPS) is 17.4. The number of ether oxygens (including phenoxy) is 1. The number of sulfonamides is 1. The summed E-state index contributed by atoms with van der Waals surface area (Å²) in [6, 6.07) is 7.23. The highest BCUT2D eigenvalue weighted by molar-refractivity contribution is 7.89. The number of hydrogen-bond acceptors (Lipinski definition) is 3. The molecule has 21 heavy (non-hydrogen) atoms. The van der Waals surface area contributed by atoms with Gasteiger partial charge in [-0.25, -0.2) is 8.42 Å². The molecule has 0 unspecified atom stereocenters. The van der Waals surface area contributed by atoms with Crippen LogP contribution < -0.4 is 0 Å². The van der Waals surface area contributed by atoms with Crippen LogP contribution in [0.2, 0.25) is 0 Å². The first-order chi connectivity index (χ1) is 10.1. The average molecular weight is 309 g/mol. The maximum absolute atomic E-state index is 12.6. The fourth-order valence-corrected chi connectivity index (χ4v) is 3.75. The van der Waals surface area contributed by atoms with E-state index in [1.807, 2.05) is 12.1 Å². The van der Waals surface area contributed by atoms with E-state index in [-0.39, 0.29) is 0 Å². The number of morpholine rings is 1. The minimum atomic E-state index is -3.39. The van der Waals surface area contributed by atoms with Crippen molar-refractivity contribution in [3.63, 3.8) is 0 Å². The van der Waals surface area contributed by atoms with Crippen LogP contribution in [0.5, 0.6) is 0 Å². The Hall–Kier alpha value is -1.17. The standard InChI is InChI=1S/C16H23NO3S/c1-2-3-4-5-7-15-8-6-9-16(14-15)21(18,19)17-10-12-20-13-11-17/h4-6,8-9,14H,2-3,7,10-13H2,1H3/b5-4+. The summed E-state index contributed by atoms with van der Waals surface area (Å²) in [5.41, 5.74) is 1.02. The molecule has 5 heteroatoms. The van der Waals surface area contributed by atoms with Gasteiger partial charge in [0, 0.05) is 13.1 Å². The molecule has 0 saturated carbocycles. The zero-order valence-electron chi connectivity index (χ0n) is 12.5. The topological polar surface area (TPSA) is 46.6 Å². The van der Waals surface area contributed by atoms with Gasteiger partial charge in [-0.1, -0.05) is 37.6 Å². The monoisotopic (exact) mass is 309 g/mol. The molecule has 0 spiro atoms. The summed E-state index contributed by atoms with van der Waals surface area (Å²) < 4.78 is 31.9. The molecule has 1 aliphatic heterocycles. The summed E-state index contributed by atoms with van der Waals surface area (Å²) in [6.45, 7) is 3.95. The summed E-state index contributed by atoms with van der Waals surface area (Å²) in [5, 5.41) is 0. The van der Waals surface area contributed by atoms with Crippen molar-refractivity contribution < 1.29 is 13.2 Å². The van der Waals surface area contributed by atoms with Crippen LogP contribution in [0.1, 0.15) is 25.3 Å². The second-order valence-electron chi connectivity index (χ2n) is 5.13. The van der Waals surface area contributed by atoms with E-state index in [0.717, 1.165) is 24.8 Å². The minimum absolute atomic E-state index is 0.380. The molecule has 0 amide bonds. The number of hydrogen-bond donors (Lipinski definition) is 0. The third-order valence-electron chi connectivity index (χ3n) is 3.48. The van der Waals surface area contributed by atoms with Crippen molar-refractivity contribution in [3.8, 4) is 0 Å². The summed E-state index contributed by atoms with van der Waals surface area (Å²) in [4.78, 5) is 0.380. The molecule has 0 aliphatic carbocycles. The van der Waals surface area contributed by atoms with Crippen LogP contribution in [0.3, 0.4) is 0 Å². The molecule has 0 aromatic heterocycles. The third kappa shape index (κ3) is 4.40. The lowest BCUT2D eigenvalue weighted by Crippen LogP contribution is -2.40. The number of nitrogens with zero attached hydrogens (tertiary/aromatic N) is 1. The summed E-state index contributed by atoms with van der Waals surface area (Å²) >= 11 is 0. The van der Waals surface area contributed by atoms with Crippen LogP contribution in [0.4, 0.5) is 0 Å². The van der Waals surface area contributed by atoms with Crippen molar-refractivity contribution in [1.82, 2.24) is 4.31 Å². The van der Waals surface area contributed by atoms with E-state index >= 15 is 0 Å². The molecule has 0 bridgehead atoms. The van der Waals surface area contributed by atoms with Gasteiger partial charge in [0.15, 0.2) is 0 Å². The van der Waals surface area contributed by atoms with Crippen molar-refractivity contribution in [3.05, 3.63) is 42.0 Å². The molecule has 1 aliphatic rings. The van der Waals surface area contributed by atoms with Crippen molar-refractivity contribution in [1.29, 1.82) is 0 Å². The Balaban J connectivity index is 2.12. The maximum atomic E-state index is 12.6. The van der Waals surface area contributed by atoms with Crippen LogP contribution in [-0.2, 0) is 21.2 Å². The SMILES string of the molecule is CCC/C=C/Cc1cccc(S(=O)(=O)N2CCOCC2)c1. The number of allylic oxidation sites excluding steroid dienone is 2. The molecule has 1 aromatic carbocycles. The first-order valence-electron chi connectivity index (χ1n) is 7.46. The zero-order chi connectivity index (χ0) is 15.1. The Morgan fingerprint density at radius 3 is 2.71 bits per heavy atom.